The Hall–Kier alpha value is -3.15. The van der Waals surface area contributed by atoms with E-state index in [0.717, 1.165) is 5.56 Å². The second kappa shape index (κ2) is 10.1. The first kappa shape index (κ1) is 21.9. The summed E-state index contributed by atoms with van der Waals surface area (Å²) in [5.74, 6) is 0.155. The molecule has 146 valence electrons. The van der Waals surface area contributed by atoms with Gasteiger partial charge in [0, 0.05) is 0 Å². The SMILES string of the molecule is COc1cc(/C=N/N=C(\N)NO)ccc1O.Cc1ccc(S(=O)(=O)O)cc1. The van der Waals surface area contributed by atoms with E-state index in [1.165, 1.54) is 31.5 Å². The number of aromatic hydroxyl groups is 1. The van der Waals surface area contributed by atoms with Crippen LogP contribution in [0.5, 0.6) is 11.5 Å². The summed E-state index contributed by atoms with van der Waals surface area (Å²) >= 11 is 0. The molecule has 0 spiro atoms. The quantitative estimate of drug-likeness (QED) is 0.223. The van der Waals surface area contributed by atoms with Gasteiger partial charge in [-0.3, -0.25) is 9.76 Å². The van der Waals surface area contributed by atoms with Crippen LogP contribution in [0.1, 0.15) is 11.1 Å². The third-order valence-electron chi connectivity index (χ3n) is 3.01. The molecule has 0 bridgehead atoms. The Labute approximate surface area is 156 Å². The predicted octanol–water partition coefficient (Wildman–Crippen LogP) is 1.27. The Kier molecular flexibility index (Phi) is 8.20. The van der Waals surface area contributed by atoms with Crippen molar-refractivity contribution in [1.29, 1.82) is 0 Å². The highest BCUT2D eigenvalue weighted by atomic mass is 32.2. The topological polar surface area (TPSA) is 167 Å². The Balaban J connectivity index is 0.000000289. The molecule has 2 aromatic carbocycles. The van der Waals surface area contributed by atoms with E-state index in [1.54, 1.807) is 29.7 Å². The molecule has 0 radical (unpaired) electrons. The molecule has 2 aromatic rings. The van der Waals surface area contributed by atoms with E-state index in [2.05, 4.69) is 10.2 Å². The van der Waals surface area contributed by atoms with Gasteiger partial charge in [0.15, 0.2) is 11.5 Å². The lowest BCUT2D eigenvalue weighted by molar-refractivity contribution is 0.232. The van der Waals surface area contributed by atoms with E-state index in [-0.39, 0.29) is 16.6 Å². The maximum absolute atomic E-state index is 10.5. The monoisotopic (exact) mass is 396 g/mol. The summed E-state index contributed by atoms with van der Waals surface area (Å²) in [5.41, 5.74) is 8.39. The van der Waals surface area contributed by atoms with Crippen LogP contribution in [0.15, 0.2) is 57.6 Å². The molecular formula is C16H20N4O6S. The number of hydrogen-bond acceptors (Lipinski definition) is 7. The summed E-state index contributed by atoms with van der Waals surface area (Å²) in [7, 11) is -2.57. The second-order valence-corrected chi connectivity index (χ2v) is 6.48. The molecule has 0 aliphatic rings. The van der Waals surface area contributed by atoms with Gasteiger partial charge in [-0.2, -0.15) is 13.5 Å². The first-order valence-electron chi connectivity index (χ1n) is 7.35. The molecule has 0 aliphatic heterocycles. The first-order chi connectivity index (χ1) is 12.7. The molecule has 0 aromatic heterocycles. The minimum atomic E-state index is -4.02. The van der Waals surface area contributed by atoms with Crippen LogP contribution < -0.4 is 16.0 Å². The number of phenols is 1. The number of rotatable bonds is 4. The lowest BCUT2D eigenvalue weighted by Gasteiger charge is -2.02. The summed E-state index contributed by atoms with van der Waals surface area (Å²) < 4.78 is 34.5. The molecule has 0 unspecified atom stereocenters. The van der Waals surface area contributed by atoms with Gasteiger partial charge in [0.25, 0.3) is 10.1 Å². The fourth-order valence-electron chi connectivity index (χ4n) is 1.66. The van der Waals surface area contributed by atoms with Crippen molar-refractivity contribution in [1.82, 2.24) is 5.48 Å². The van der Waals surface area contributed by atoms with E-state index < -0.39 is 10.1 Å². The molecule has 0 amide bonds. The molecule has 10 nitrogen and oxygen atoms in total. The number of guanidine groups is 1. The number of nitrogens with zero attached hydrogens (tertiary/aromatic N) is 2. The molecular weight excluding hydrogens is 376 g/mol. The highest BCUT2D eigenvalue weighted by Crippen LogP contribution is 2.25. The number of aryl methyl sites for hydroxylation is 1. The Morgan fingerprint density at radius 2 is 1.85 bits per heavy atom. The van der Waals surface area contributed by atoms with Gasteiger partial charge >= 0.3 is 0 Å². The maximum atomic E-state index is 10.5. The number of phenolic OH excluding ortho intramolecular Hbond substituents is 1. The zero-order valence-electron chi connectivity index (χ0n) is 14.6. The normalized spacial score (nSPS) is 11.6. The van der Waals surface area contributed by atoms with Crippen molar-refractivity contribution in [3.05, 3.63) is 53.6 Å². The van der Waals surface area contributed by atoms with Gasteiger partial charge in [0.2, 0.25) is 5.96 Å². The summed E-state index contributed by atoms with van der Waals surface area (Å²) in [6, 6.07) is 10.7. The van der Waals surface area contributed by atoms with Crippen molar-refractivity contribution in [3.63, 3.8) is 0 Å². The molecule has 27 heavy (non-hydrogen) atoms. The van der Waals surface area contributed by atoms with Crippen LogP contribution in [0.3, 0.4) is 0 Å². The number of nitrogens with two attached hydrogens (primary N) is 1. The van der Waals surface area contributed by atoms with Crippen molar-refractivity contribution < 1.29 is 28.0 Å². The fourth-order valence-corrected chi connectivity index (χ4v) is 2.14. The van der Waals surface area contributed by atoms with E-state index >= 15 is 0 Å². The van der Waals surface area contributed by atoms with Crippen LogP contribution in [0, 0.1) is 6.92 Å². The van der Waals surface area contributed by atoms with Crippen molar-refractivity contribution in [2.75, 3.05) is 7.11 Å². The standard InChI is InChI=1S/C9H12N4O3.C7H8O3S/c1-16-8-4-6(2-3-7(8)14)5-11-12-9(10)13-15;1-6-2-4-7(5-3-6)11(8,9)10/h2-5,14-15H,1H3,(H3,10,12,13);2-5H,1H3,(H,8,9,10)/b11-5+;. The van der Waals surface area contributed by atoms with Crippen molar-refractivity contribution in [2.45, 2.75) is 11.8 Å². The summed E-state index contributed by atoms with van der Waals surface area (Å²) in [6.45, 7) is 1.84. The van der Waals surface area contributed by atoms with E-state index in [4.69, 9.17) is 20.2 Å². The van der Waals surface area contributed by atoms with Crippen LogP contribution >= 0.6 is 0 Å². The van der Waals surface area contributed by atoms with Crippen LogP contribution in [0.2, 0.25) is 0 Å². The summed E-state index contributed by atoms with van der Waals surface area (Å²) in [6.07, 6.45) is 1.40. The zero-order valence-corrected chi connectivity index (χ0v) is 15.4. The van der Waals surface area contributed by atoms with Crippen molar-refractivity contribution >= 4 is 22.3 Å². The van der Waals surface area contributed by atoms with Crippen molar-refractivity contribution in [2.24, 2.45) is 15.9 Å². The lowest BCUT2D eigenvalue weighted by Crippen LogP contribution is -2.27. The van der Waals surface area contributed by atoms with Crippen molar-refractivity contribution in [3.8, 4) is 11.5 Å². The molecule has 0 atom stereocenters. The van der Waals surface area contributed by atoms with Gasteiger partial charge in [0.05, 0.1) is 18.2 Å². The highest BCUT2D eigenvalue weighted by molar-refractivity contribution is 7.85. The van der Waals surface area contributed by atoms with Gasteiger partial charge in [-0.1, -0.05) is 17.7 Å². The smallest absolute Gasteiger partial charge is 0.294 e. The van der Waals surface area contributed by atoms with Gasteiger partial charge in [0.1, 0.15) is 0 Å². The Morgan fingerprint density at radius 1 is 1.22 bits per heavy atom. The third kappa shape index (κ3) is 7.73. The predicted molar refractivity (Wildman–Crippen MR) is 99.8 cm³/mol. The van der Waals surface area contributed by atoms with E-state index in [1.807, 2.05) is 6.92 Å². The number of ether oxygens (including phenoxy) is 1. The number of methoxy groups -OCH3 is 1. The van der Waals surface area contributed by atoms with Crippen LogP contribution in [0.25, 0.3) is 0 Å². The minimum Gasteiger partial charge on any atom is -0.504 e. The molecule has 0 aliphatic carbocycles. The first-order valence-corrected chi connectivity index (χ1v) is 8.79. The number of benzene rings is 2. The maximum Gasteiger partial charge on any atom is 0.294 e. The van der Waals surface area contributed by atoms with E-state index in [0.29, 0.717) is 11.3 Å². The molecule has 6 N–H and O–H groups in total. The molecule has 0 heterocycles. The van der Waals surface area contributed by atoms with Gasteiger partial charge in [-0.05, 0) is 42.8 Å². The largest absolute Gasteiger partial charge is 0.504 e. The Morgan fingerprint density at radius 3 is 2.37 bits per heavy atom. The van der Waals surface area contributed by atoms with Crippen LogP contribution in [0.4, 0.5) is 0 Å². The number of hydroxylamine groups is 1. The van der Waals surface area contributed by atoms with Gasteiger partial charge in [-0.25, -0.2) is 5.48 Å². The summed E-state index contributed by atoms with van der Waals surface area (Å²) in [4.78, 5) is -0.0666. The average molecular weight is 396 g/mol. The highest BCUT2D eigenvalue weighted by Gasteiger charge is 2.06. The summed E-state index contributed by atoms with van der Waals surface area (Å²) in [5, 5.41) is 24.7. The molecule has 0 fully saturated rings. The molecule has 0 saturated carbocycles. The fraction of sp³-hybridized carbons (Fsp3) is 0.125. The number of hydrogen-bond donors (Lipinski definition) is 5. The van der Waals surface area contributed by atoms with Gasteiger partial charge in [-0.15, -0.1) is 5.10 Å². The van der Waals surface area contributed by atoms with Crippen LogP contribution in [-0.2, 0) is 10.1 Å². The molecule has 2 rings (SSSR count). The molecule has 0 saturated heterocycles. The van der Waals surface area contributed by atoms with Gasteiger partial charge < -0.3 is 15.6 Å². The lowest BCUT2D eigenvalue weighted by atomic mass is 10.2. The van der Waals surface area contributed by atoms with Crippen LogP contribution in [-0.4, -0.2) is 42.6 Å². The van der Waals surface area contributed by atoms with E-state index in [9.17, 15) is 13.5 Å². The average Bonchev–Trinajstić information content (AvgIpc) is 2.63. The molecule has 11 heteroatoms. The zero-order chi connectivity index (χ0) is 20.4. The second-order valence-electron chi connectivity index (χ2n) is 5.06. The third-order valence-corrected chi connectivity index (χ3v) is 3.88. The number of nitrogens with one attached hydrogen (secondary N) is 1. The Bertz CT molecular complexity index is 911. The minimum absolute atomic E-state index is 0.0414.